The lowest BCUT2D eigenvalue weighted by molar-refractivity contribution is 0.591. The molecule has 0 aliphatic heterocycles. The second-order valence-electron chi connectivity index (χ2n) is 20.1. The second kappa shape index (κ2) is 10.2. The van der Waals surface area contributed by atoms with E-state index in [9.17, 15) is 0 Å². The molecular weight excluding hydrogens is 745 g/mol. The van der Waals surface area contributed by atoms with Crippen LogP contribution in [0.25, 0.3) is 127 Å². The van der Waals surface area contributed by atoms with Crippen LogP contribution < -0.4 is 0 Å². The summed E-state index contributed by atoms with van der Waals surface area (Å²) in [6.45, 7) is 21.4. The molecule has 0 bridgehead atoms. The number of thiophene rings is 3. The summed E-state index contributed by atoms with van der Waals surface area (Å²) in [4.78, 5) is 0. The molecule has 0 aliphatic rings. The molecule has 3 aromatic heterocycles. The molecule has 0 nitrogen and oxygen atoms in total. The highest BCUT2D eigenvalue weighted by molar-refractivity contribution is 7.18. The van der Waals surface area contributed by atoms with Crippen molar-refractivity contribution < 1.29 is 0 Å². The van der Waals surface area contributed by atoms with Crippen molar-refractivity contribution in [2.75, 3.05) is 0 Å². The Kier molecular flexibility index (Phi) is 5.97. The third-order valence-electron chi connectivity index (χ3n) is 13.7. The lowest BCUT2D eigenvalue weighted by Crippen LogP contribution is -2.10. The summed E-state index contributed by atoms with van der Waals surface area (Å²) in [6, 6.07) is 30.1. The van der Waals surface area contributed by atoms with E-state index in [-0.39, 0.29) is 16.2 Å². The van der Waals surface area contributed by atoms with E-state index in [1.807, 2.05) is 34.0 Å². The summed E-state index contributed by atoms with van der Waals surface area (Å²) in [7, 11) is 0. The molecule has 0 spiro atoms. The minimum atomic E-state index is -0.00536. The third kappa shape index (κ3) is 4.04. The maximum atomic E-state index is 2.59. The van der Waals surface area contributed by atoms with Gasteiger partial charge >= 0.3 is 0 Å². The van der Waals surface area contributed by atoms with Crippen LogP contribution in [0.2, 0.25) is 0 Å². The fourth-order valence-corrected chi connectivity index (χ4v) is 13.4. The summed E-state index contributed by atoms with van der Waals surface area (Å²) in [5.41, 5.74) is 4.20. The van der Waals surface area contributed by atoms with E-state index < -0.39 is 0 Å². The zero-order chi connectivity index (χ0) is 38.8. The van der Waals surface area contributed by atoms with Gasteiger partial charge in [0, 0.05) is 30.3 Å². The molecule has 0 saturated carbocycles. The molecule has 0 radical (unpaired) electrons. The number of fused-ring (bicyclic) bond motifs is 18. The maximum Gasteiger partial charge on any atom is 0.0355 e. The number of hydrogen-bond donors (Lipinski definition) is 0. The largest absolute Gasteiger partial charge is 0.144 e. The number of hydrogen-bond acceptors (Lipinski definition) is 3. The Balaban J connectivity index is 1.46. The van der Waals surface area contributed by atoms with Crippen LogP contribution >= 0.6 is 34.0 Å². The molecule has 13 aromatic rings. The summed E-state index contributed by atoms with van der Waals surface area (Å²) < 4.78 is 4.13. The minimum absolute atomic E-state index is 0.00536. The van der Waals surface area contributed by atoms with Gasteiger partial charge in [0.05, 0.1) is 0 Å². The first-order chi connectivity index (χ1) is 27.2. The molecular formula is C54H42S3. The highest BCUT2D eigenvalue weighted by atomic mass is 32.1. The smallest absolute Gasteiger partial charge is 0.0355 e. The molecule has 57 heavy (non-hydrogen) atoms. The van der Waals surface area contributed by atoms with Crippen molar-refractivity contribution in [3.05, 3.63) is 106 Å². The average molecular weight is 787 g/mol. The van der Waals surface area contributed by atoms with Crippen LogP contribution in [0.1, 0.15) is 79.0 Å². The van der Waals surface area contributed by atoms with Gasteiger partial charge in [0.15, 0.2) is 0 Å². The first-order valence-corrected chi connectivity index (χ1v) is 23.0. The van der Waals surface area contributed by atoms with Crippen LogP contribution in [0.4, 0.5) is 0 Å². The third-order valence-corrected chi connectivity index (χ3v) is 16.3. The van der Waals surface area contributed by atoms with Crippen molar-refractivity contribution in [1.82, 2.24) is 0 Å². The quantitative estimate of drug-likeness (QED) is 0.144. The molecule has 3 heteroatoms. The molecule has 0 unspecified atom stereocenters. The topological polar surface area (TPSA) is 0 Å². The Morgan fingerprint density at radius 3 is 0.737 bits per heavy atom. The van der Waals surface area contributed by atoms with Crippen molar-refractivity contribution >= 4 is 161 Å². The van der Waals surface area contributed by atoms with E-state index in [0.29, 0.717) is 0 Å². The zero-order valence-corrected chi connectivity index (χ0v) is 36.3. The minimum Gasteiger partial charge on any atom is -0.144 e. The van der Waals surface area contributed by atoms with Crippen molar-refractivity contribution in [1.29, 1.82) is 0 Å². The predicted octanol–water partition coefficient (Wildman–Crippen LogP) is 17.9. The van der Waals surface area contributed by atoms with Crippen LogP contribution in [-0.2, 0) is 16.2 Å². The molecule has 10 aromatic carbocycles. The lowest BCUT2D eigenvalue weighted by atomic mass is 9.84. The Morgan fingerprint density at radius 2 is 0.491 bits per heavy atom. The number of benzene rings is 7. The van der Waals surface area contributed by atoms with Gasteiger partial charge < -0.3 is 0 Å². The van der Waals surface area contributed by atoms with E-state index in [1.165, 1.54) is 144 Å². The van der Waals surface area contributed by atoms with Crippen molar-refractivity contribution in [2.45, 2.75) is 78.6 Å². The summed E-state index contributed by atoms with van der Waals surface area (Å²) in [6.07, 6.45) is 0. The van der Waals surface area contributed by atoms with E-state index in [1.54, 1.807) is 0 Å². The average Bonchev–Trinajstić information content (AvgIpc) is 4.01. The highest BCUT2D eigenvalue weighted by Crippen LogP contribution is 2.58. The van der Waals surface area contributed by atoms with Crippen LogP contribution in [-0.4, -0.2) is 0 Å². The Morgan fingerprint density at radius 1 is 0.263 bits per heavy atom. The van der Waals surface area contributed by atoms with E-state index >= 15 is 0 Å². The summed E-state index contributed by atoms with van der Waals surface area (Å²) in [5, 5.41) is 36.7. The van der Waals surface area contributed by atoms with Gasteiger partial charge in [0.25, 0.3) is 0 Å². The van der Waals surface area contributed by atoms with E-state index in [2.05, 4.69) is 151 Å². The Hall–Kier alpha value is -4.80. The molecule has 3 heterocycles. The van der Waals surface area contributed by atoms with Crippen molar-refractivity contribution in [2.24, 2.45) is 0 Å². The predicted molar refractivity (Wildman–Crippen MR) is 260 cm³/mol. The van der Waals surface area contributed by atoms with Crippen LogP contribution in [0, 0.1) is 0 Å². The van der Waals surface area contributed by atoms with Crippen molar-refractivity contribution in [3.63, 3.8) is 0 Å². The maximum absolute atomic E-state index is 2.59. The van der Waals surface area contributed by atoms with Gasteiger partial charge in [-0.3, -0.25) is 0 Å². The molecule has 0 atom stereocenters. The Labute approximate surface area is 343 Å². The fourth-order valence-electron chi connectivity index (χ4n) is 10.9. The van der Waals surface area contributed by atoms with Gasteiger partial charge in [-0.25, -0.2) is 0 Å². The van der Waals surface area contributed by atoms with Crippen molar-refractivity contribution in [3.8, 4) is 0 Å². The second-order valence-corrected chi connectivity index (χ2v) is 23.0. The van der Waals surface area contributed by atoms with E-state index in [0.717, 1.165) is 0 Å². The molecule has 13 rings (SSSR count). The summed E-state index contributed by atoms with van der Waals surface area (Å²) >= 11 is 5.66. The zero-order valence-electron chi connectivity index (χ0n) is 33.9. The van der Waals surface area contributed by atoms with Gasteiger partial charge in [-0.15, -0.1) is 34.0 Å². The highest BCUT2D eigenvalue weighted by Gasteiger charge is 2.31. The summed E-state index contributed by atoms with van der Waals surface area (Å²) in [5.74, 6) is 0. The monoisotopic (exact) mass is 786 g/mol. The first-order valence-electron chi connectivity index (χ1n) is 20.4. The molecule has 0 saturated heterocycles. The Bertz CT molecular complexity index is 3460. The SMILES string of the molecule is CC(C)(C)c1cc2c3ccsc3cc3c2c(c1)c1c2c4cc5sccc5c5cc(C(C)(C)C)cc(c54)c2c2c4cc5sccc5c5cc(C(C)(C)C)cc(c54)c2c31. The molecule has 0 amide bonds. The van der Waals surface area contributed by atoms with E-state index in [4.69, 9.17) is 0 Å². The van der Waals surface area contributed by atoms with Crippen LogP contribution in [0.3, 0.4) is 0 Å². The lowest BCUT2D eigenvalue weighted by Gasteiger charge is -2.20. The molecule has 0 aliphatic carbocycles. The molecule has 0 fully saturated rings. The number of rotatable bonds is 0. The fraction of sp³-hybridized carbons (Fsp3) is 0.222. The van der Waals surface area contributed by atoms with Gasteiger partial charge in [-0.1, -0.05) is 62.3 Å². The van der Waals surface area contributed by atoms with Gasteiger partial charge in [0.1, 0.15) is 0 Å². The molecule has 0 N–H and O–H groups in total. The van der Waals surface area contributed by atoms with Gasteiger partial charge in [0.2, 0.25) is 0 Å². The molecule has 276 valence electrons. The van der Waals surface area contributed by atoms with Crippen LogP contribution in [0.15, 0.2) is 88.9 Å². The standard InChI is InChI=1S/C54H42S3/c1-52(2,3)25-16-31-28-10-13-55-40(28)22-37-43(31)34(19-25)46-49(37)47-36-21-27(54(7,8)9)18-33-30-12-15-57-42(30)24-39(45(33)36)51(47)48-35-20-26(53(4,5)6)17-32-29-11-14-56-41(29)23-38(44(32)35)50(46)48/h10-24H,1-9H3. The van der Waals surface area contributed by atoms with Gasteiger partial charge in [-0.2, -0.15) is 0 Å². The van der Waals surface area contributed by atoms with Gasteiger partial charge in [-0.05, 0) is 219 Å². The first kappa shape index (κ1) is 33.2. The van der Waals surface area contributed by atoms with Crippen LogP contribution in [0.5, 0.6) is 0 Å². The normalized spacial score (nSPS) is 14.1.